The first-order chi connectivity index (χ1) is 9.90. The molecular formula is C17H21N3. The summed E-state index contributed by atoms with van der Waals surface area (Å²) in [5.41, 5.74) is 5.33. The van der Waals surface area contributed by atoms with Crippen LogP contribution in [-0.2, 0) is 13.0 Å². The molecule has 3 rings (SSSR count). The third kappa shape index (κ3) is 2.54. The zero-order valence-corrected chi connectivity index (χ0v) is 12.0. The van der Waals surface area contributed by atoms with Crippen molar-refractivity contribution in [1.82, 2.24) is 10.3 Å². The second-order valence-corrected chi connectivity index (χ2v) is 5.21. The minimum Gasteiger partial charge on any atom is -0.339 e. The maximum absolute atomic E-state index is 4.32. The number of hydrogen-bond donors (Lipinski definition) is 1. The molecule has 104 valence electrons. The molecule has 0 aliphatic carbocycles. The number of anilines is 2. The van der Waals surface area contributed by atoms with E-state index in [2.05, 4.69) is 52.5 Å². The number of rotatable bonds is 5. The van der Waals surface area contributed by atoms with Crippen LogP contribution < -0.4 is 10.2 Å². The van der Waals surface area contributed by atoms with Crippen molar-refractivity contribution >= 4 is 11.4 Å². The Bertz CT molecular complexity index is 580. The van der Waals surface area contributed by atoms with Gasteiger partial charge in [0.25, 0.3) is 0 Å². The third-order valence-corrected chi connectivity index (χ3v) is 3.81. The highest BCUT2D eigenvalue weighted by molar-refractivity contribution is 5.71. The van der Waals surface area contributed by atoms with Crippen molar-refractivity contribution in [3.05, 3.63) is 53.9 Å². The number of para-hydroxylation sites is 1. The molecule has 0 amide bonds. The molecular weight excluding hydrogens is 246 g/mol. The summed E-state index contributed by atoms with van der Waals surface area (Å²) in [6.07, 6.45) is 6.15. The summed E-state index contributed by atoms with van der Waals surface area (Å²) in [6.45, 7) is 5.20. The highest BCUT2D eigenvalue weighted by Gasteiger charge is 2.21. The lowest BCUT2D eigenvalue weighted by Crippen LogP contribution is -2.19. The molecule has 0 atom stereocenters. The molecule has 1 N–H and O–H groups in total. The second-order valence-electron chi connectivity index (χ2n) is 5.21. The first-order valence-corrected chi connectivity index (χ1v) is 7.39. The van der Waals surface area contributed by atoms with Crippen molar-refractivity contribution in [2.24, 2.45) is 0 Å². The van der Waals surface area contributed by atoms with E-state index in [0.717, 1.165) is 32.5 Å². The monoisotopic (exact) mass is 267 g/mol. The quantitative estimate of drug-likeness (QED) is 0.843. The largest absolute Gasteiger partial charge is 0.339 e. The summed E-state index contributed by atoms with van der Waals surface area (Å²) < 4.78 is 0. The average molecular weight is 267 g/mol. The fourth-order valence-corrected chi connectivity index (χ4v) is 2.80. The van der Waals surface area contributed by atoms with E-state index in [1.54, 1.807) is 0 Å². The Morgan fingerprint density at radius 3 is 3.00 bits per heavy atom. The van der Waals surface area contributed by atoms with Crippen LogP contribution in [0.3, 0.4) is 0 Å². The van der Waals surface area contributed by atoms with Gasteiger partial charge in [-0.05, 0) is 42.6 Å². The number of fused-ring (bicyclic) bond motifs is 1. The molecule has 1 aromatic heterocycles. The van der Waals surface area contributed by atoms with Gasteiger partial charge >= 0.3 is 0 Å². The van der Waals surface area contributed by atoms with E-state index in [1.165, 1.54) is 22.5 Å². The lowest BCUT2D eigenvalue weighted by Gasteiger charge is -2.22. The van der Waals surface area contributed by atoms with Gasteiger partial charge < -0.3 is 10.2 Å². The molecule has 0 saturated carbocycles. The van der Waals surface area contributed by atoms with Crippen LogP contribution in [0.2, 0.25) is 0 Å². The van der Waals surface area contributed by atoms with Gasteiger partial charge in [-0.25, -0.2) is 0 Å². The van der Waals surface area contributed by atoms with Crippen molar-refractivity contribution < 1.29 is 0 Å². The highest BCUT2D eigenvalue weighted by Crippen LogP contribution is 2.35. The van der Waals surface area contributed by atoms with E-state index in [9.17, 15) is 0 Å². The van der Waals surface area contributed by atoms with E-state index < -0.39 is 0 Å². The number of hydrogen-bond acceptors (Lipinski definition) is 3. The Labute approximate surface area is 120 Å². The van der Waals surface area contributed by atoms with Crippen LogP contribution in [0.15, 0.2) is 42.7 Å². The van der Waals surface area contributed by atoms with Gasteiger partial charge in [-0.2, -0.15) is 0 Å². The molecule has 0 spiro atoms. The summed E-state index contributed by atoms with van der Waals surface area (Å²) in [5.74, 6) is 0. The summed E-state index contributed by atoms with van der Waals surface area (Å²) in [6, 6.07) is 10.8. The van der Waals surface area contributed by atoms with Gasteiger partial charge in [0.1, 0.15) is 0 Å². The molecule has 1 aromatic carbocycles. The van der Waals surface area contributed by atoms with Gasteiger partial charge in [-0.1, -0.05) is 25.1 Å². The highest BCUT2D eigenvalue weighted by atomic mass is 15.2. The summed E-state index contributed by atoms with van der Waals surface area (Å²) in [5, 5.41) is 3.48. The number of aromatic nitrogens is 1. The van der Waals surface area contributed by atoms with E-state index in [4.69, 9.17) is 0 Å². The fourth-order valence-electron chi connectivity index (χ4n) is 2.80. The van der Waals surface area contributed by atoms with Crippen LogP contribution >= 0.6 is 0 Å². The predicted octanol–water partition coefficient (Wildman–Crippen LogP) is 3.28. The van der Waals surface area contributed by atoms with Gasteiger partial charge in [0.05, 0.1) is 11.9 Å². The van der Waals surface area contributed by atoms with Crippen LogP contribution in [0.1, 0.15) is 24.5 Å². The van der Waals surface area contributed by atoms with Crippen LogP contribution in [0.25, 0.3) is 0 Å². The molecule has 3 nitrogen and oxygen atoms in total. The fraction of sp³-hybridized carbons (Fsp3) is 0.353. The molecule has 0 unspecified atom stereocenters. The normalized spacial score (nSPS) is 13.6. The maximum Gasteiger partial charge on any atom is 0.0643 e. The molecule has 1 aliphatic rings. The Morgan fingerprint density at radius 1 is 1.20 bits per heavy atom. The minimum atomic E-state index is 0.907. The predicted molar refractivity (Wildman–Crippen MR) is 83.4 cm³/mol. The van der Waals surface area contributed by atoms with E-state index in [0.29, 0.717) is 0 Å². The standard InChI is InChI=1S/C17H21N3/c1-2-9-18-12-15-7-10-19-13-17(15)20-11-8-14-5-3-4-6-16(14)20/h3-7,10,13,18H,2,8-9,11-12H2,1H3. The van der Waals surface area contributed by atoms with Crippen molar-refractivity contribution in [1.29, 1.82) is 0 Å². The van der Waals surface area contributed by atoms with Gasteiger partial charge in [-0.3, -0.25) is 4.98 Å². The SMILES string of the molecule is CCCNCc1ccncc1N1CCc2ccccc21. The summed E-state index contributed by atoms with van der Waals surface area (Å²) in [7, 11) is 0. The molecule has 20 heavy (non-hydrogen) atoms. The minimum absolute atomic E-state index is 0.907. The Morgan fingerprint density at radius 2 is 2.10 bits per heavy atom. The van der Waals surface area contributed by atoms with Crippen molar-refractivity contribution in [2.75, 3.05) is 18.0 Å². The maximum atomic E-state index is 4.32. The number of nitrogens with one attached hydrogen (secondary N) is 1. The van der Waals surface area contributed by atoms with Crippen LogP contribution in [0, 0.1) is 0 Å². The molecule has 0 fully saturated rings. The zero-order valence-electron chi connectivity index (χ0n) is 12.0. The van der Waals surface area contributed by atoms with Gasteiger partial charge in [0.2, 0.25) is 0 Å². The van der Waals surface area contributed by atoms with Crippen molar-refractivity contribution in [3.8, 4) is 0 Å². The lowest BCUT2D eigenvalue weighted by atomic mass is 10.1. The topological polar surface area (TPSA) is 28.2 Å². The Hall–Kier alpha value is -1.87. The molecule has 2 aromatic rings. The average Bonchev–Trinajstić information content (AvgIpc) is 2.92. The molecule has 0 saturated heterocycles. The van der Waals surface area contributed by atoms with Crippen LogP contribution in [0.4, 0.5) is 11.4 Å². The van der Waals surface area contributed by atoms with E-state index >= 15 is 0 Å². The molecule has 2 heterocycles. The van der Waals surface area contributed by atoms with E-state index in [1.807, 2.05) is 12.4 Å². The number of benzene rings is 1. The van der Waals surface area contributed by atoms with Crippen LogP contribution in [0.5, 0.6) is 0 Å². The third-order valence-electron chi connectivity index (χ3n) is 3.81. The zero-order chi connectivity index (χ0) is 13.8. The van der Waals surface area contributed by atoms with Gasteiger partial charge in [0, 0.05) is 25.0 Å². The lowest BCUT2D eigenvalue weighted by molar-refractivity contribution is 0.674. The van der Waals surface area contributed by atoms with E-state index in [-0.39, 0.29) is 0 Å². The smallest absolute Gasteiger partial charge is 0.0643 e. The molecule has 0 bridgehead atoms. The Balaban J connectivity index is 1.87. The van der Waals surface area contributed by atoms with Crippen molar-refractivity contribution in [2.45, 2.75) is 26.3 Å². The second kappa shape index (κ2) is 6.06. The number of nitrogens with zero attached hydrogens (tertiary/aromatic N) is 2. The summed E-state index contributed by atoms with van der Waals surface area (Å²) in [4.78, 5) is 6.72. The molecule has 1 aliphatic heterocycles. The molecule has 0 radical (unpaired) electrons. The van der Waals surface area contributed by atoms with Crippen molar-refractivity contribution in [3.63, 3.8) is 0 Å². The van der Waals surface area contributed by atoms with Gasteiger partial charge in [-0.15, -0.1) is 0 Å². The first-order valence-electron chi connectivity index (χ1n) is 7.39. The molecule has 3 heteroatoms. The first kappa shape index (κ1) is 13.1. The Kier molecular flexibility index (Phi) is 3.97. The van der Waals surface area contributed by atoms with Crippen LogP contribution in [-0.4, -0.2) is 18.1 Å². The van der Waals surface area contributed by atoms with Gasteiger partial charge in [0.15, 0.2) is 0 Å². The number of pyridine rings is 1. The summed E-state index contributed by atoms with van der Waals surface area (Å²) >= 11 is 0.